The van der Waals surface area contributed by atoms with Gasteiger partial charge < -0.3 is 14.4 Å². The van der Waals surface area contributed by atoms with E-state index in [1.807, 2.05) is 43.0 Å². The SMILES string of the molecule is COC1=N[C@H](C(C)C)C(=O)N(Cc2ccc(OC)cc2)[C@H]1C(C)C. The fraction of sp³-hybridized carbons (Fsp3) is 0.579. The highest BCUT2D eigenvalue weighted by molar-refractivity contribution is 5.95. The van der Waals surface area contributed by atoms with Gasteiger partial charge in [0.25, 0.3) is 0 Å². The molecule has 2 atom stereocenters. The van der Waals surface area contributed by atoms with Crippen LogP contribution in [0.2, 0.25) is 0 Å². The molecule has 24 heavy (non-hydrogen) atoms. The van der Waals surface area contributed by atoms with Crippen molar-refractivity contribution in [3.63, 3.8) is 0 Å². The number of nitrogens with zero attached hydrogens (tertiary/aromatic N) is 2. The minimum absolute atomic E-state index is 0.0697. The maximum atomic E-state index is 13.0. The highest BCUT2D eigenvalue weighted by Gasteiger charge is 2.41. The summed E-state index contributed by atoms with van der Waals surface area (Å²) >= 11 is 0. The first kappa shape index (κ1) is 18.3. The monoisotopic (exact) mass is 332 g/mol. The van der Waals surface area contributed by atoms with Crippen LogP contribution in [0.5, 0.6) is 5.75 Å². The zero-order chi connectivity index (χ0) is 17.9. The molecule has 0 N–H and O–H groups in total. The molecule has 5 nitrogen and oxygen atoms in total. The largest absolute Gasteiger partial charge is 0.497 e. The number of hydrogen-bond donors (Lipinski definition) is 0. The summed E-state index contributed by atoms with van der Waals surface area (Å²) in [5.74, 6) is 1.88. The third-order valence-electron chi connectivity index (χ3n) is 4.38. The van der Waals surface area contributed by atoms with Gasteiger partial charge in [0, 0.05) is 6.54 Å². The predicted molar refractivity (Wildman–Crippen MR) is 95.2 cm³/mol. The van der Waals surface area contributed by atoms with Gasteiger partial charge in [-0.05, 0) is 29.5 Å². The van der Waals surface area contributed by atoms with Crippen molar-refractivity contribution >= 4 is 11.8 Å². The molecule has 5 heteroatoms. The quantitative estimate of drug-likeness (QED) is 0.832. The topological polar surface area (TPSA) is 51.1 Å². The molecule has 0 unspecified atom stereocenters. The summed E-state index contributed by atoms with van der Waals surface area (Å²) in [7, 11) is 3.28. The van der Waals surface area contributed by atoms with Crippen LogP contribution in [-0.4, -0.2) is 43.0 Å². The Labute approximate surface area is 144 Å². The van der Waals surface area contributed by atoms with Crippen molar-refractivity contribution in [3.05, 3.63) is 29.8 Å². The van der Waals surface area contributed by atoms with E-state index in [1.54, 1.807) is 14.2 Å². The summed E-state index contributed by atoms with van der Waals surface area (Å²) in [6.07, 6.45) is 0. The highest BCUT2D eigenvalue weighted by Crippen LogP contribution is 2.26. The van der Waals surface area contributed by atoms with Crippen LogP contribution in [0.25, 0.3) is 0 Å². The number of ether oxygens (including phenoxy) is 2. The number of methoxy groups -OCH3 is 2. The van der Waals surface area contributed by atoms with Gasteiger partial charge in [-0.3, -0.25) is 4.79 Å². The molecule has 1 aromatic carbocycles. The highest BCUT2D eigenvalue weighted by atomic mass is 16.5. The Balaban J connectivity index is 2.35. The van der Waals surface area contributed by atoms with Crippen molar-refractivity contribution in [2.75, 3.05) is 14.2 Å². The standard InChI is InChI=1S/C19H28N2O3/c1-12(2)16-19(22)21(17(13(3)4)18(20-16)24-6)11-14-7-9-15(23-5)10-8-14/h7-10,12-13,16-17H,11H2,1-6H3/t16-,17+/m1/s1. The molecule has 2 rings (SSSR count). The van der Waals surface area contributed by atoms with E-state index >= 15 is 0 Å². The summed E-state index contributed by atoms with van der Waals surface area (Å²) in [6, 6.07) is 7.30. The Morgan fingerprint density at radius 3 is 2.12 bits per heavy atom. The zero-order valence-corrected chi connectivity index (χ0v) is 15.4. The van der Waals surface area contributed by atoms with Gasteiger partial charge in [0.05, 0.1) is 14.2 Å². The lowest BCUT2D eigenvalue weighted by atomic mass is 9.94. The molecule has 0 radical (unpaired) electrons. The van der Waals surface area contributed by atoms with E-state index in [-0.39, 0.29) is 29.8 Å². The van der Waals surface area contributed by atoms with Gasteiger partial charge in [0.15, 0.2) is 0 Å². The molecule has 0 fully saturated rings. The fourth-order valence-electron chi connectivity index (χ4n) is 3.07. The van der Waals surface area contributed by atoms with E-state index in [2.05, 4.69) is 18.8 Å². The number of amides is 1. The Bertz CT molecular complexity index is 593. The maximum Gasteiger partial charge on any atom is 0.248 e. The van der Waals surface area contributed by atoms with Crippen molar-refractivity contribution in [3.8, 4) is 5.75 Å². The van der Waals surface area contributed by atoms with Crippen LogP contribution >= 0.6 is 0 Å². The summed E-state index contributed by atoms with van der Waals surface area (Å²) in [6.45, 7) is 8.74. The number of benzene rings is 1. The Hall–Kier alpha value is -2.04. The second kappa shape index (κ2) is 7.69. The van der Waals surface area contributed by atoms with Crippen LogP contribution in [0.3, 0.4) is 0 Å². The van der Waals surface area contributed by atoms with E-state index in [0.717, 1.165) is 11.3 Å². The molecule has 1 amide bonds. The van der Waals surface area contributed by atoms with Crippen LogP contribution in [0.1, 0.15) is 33.3 Å². The normalized spacial score (nSPS) is 21.2. The predicted octanol–water partition coefficient (Wildman–Crippen LogP) is 3.13. The first-order chi connectivity index (χ1) is 11.4. The van der Waals surface area contributed by atoms with Gasteiger partial charge in [0.1, 0.15) is 17.8 Å². The Morgan fingerprint density at radius 2 is 1.67 bits per heavy atom. The summed E-state index contributed by atoms with van der Waals surface area (Å²) in [5.41, 5.74) is 1.06. The lowest BCUT2D eigenvalue weighted by Crippen LogP contribution is -2.56. The summed E-state index contributed by atoms with van der Waals surface area (Å²) in [5, 5.41) is 0. The van der Waals surface area contributed by atoms with E-state index in [1.165, 1.54) is 0 Å². The van der Waals surface area contributed by atoms with Crippen molar-refractivity contribution in [1.82, 2.24) is 4.90 Å². The van der Waals surface area contributed by atoms with Crippen LogP contribution in [0.4, 0.5) is 0 Å². The number of carbonyl (C=O) groups is 1. The summed E-state index contributed by atoms with van der Waals surface area (Å²) in [4.78, 5) is 19.5. The van der Waals surface area contributed by atoms with Gasteiger partial charge in [0.2, 0.25) is 11.8 Å². The first-order valence-corrected chi connectivity index (χ1v) is 8.44. The molecule has 1 heterocycles. The van der Waals surface area contributed by atoms with E-state index < -0.39 is 0 Å². The van der Waals surface area contributed by atoms with Gasteiger partial charge in [-0.15, -0.1) is 0 Å². The van der Waals surface area contributed by atoms with Crippen LogP contribution in [-0.2, 0) is 16.1 Å². The van der Waals surface area contributed by atoms with Crippen molar-refractivity contribution < 1.29 is 14.3 Å². The summed E-state index contributed by atoms with van der Waals surface area (Å²) < 4.78 is 10.7. The molecule has 0 aromatic heterocycles. The molecule has 0 saturated heterocycles. The van der Waals surface area contributed by atoms with Crippen LogP contribution in [0, 0.1) is 11.8 Å². The van der Waals surface area contributed by atoms with E-state index in [4.69, 9.17) is 9.47 Å². The smallest absolute Gasteiger partial charge is 0.248 e. The van der Waals surface area contributed by atoms with Crippen molar-refractivity contribution in [2.45, 2.75) is 46.3 Å². The fourth-order valence-corrected chi connectivity index (χ4v) is 3.07. The maximum absolute atomic E-state index is 13.0. The first-order valence-electron chi connectivity index (χ1n) is 8.44. The minimum Gasteiger partial charge on any atom is -0.497 e. The number of rotatable bonds is 5. The average Bonchev–Trinajstić information content (AvgIpc) is 2.56. The Kier molecular flexibility index (Phi) is 5.86. The third kappa shape index (κ3) is 3.71. The van der Waals surface area contributed by atoms with E-state index in [9.17, 15) is 4.79 Å². The molecule has 1 aliphatic rings. The van der Waals surface area contributed by atoms with Gasteiger partial charge >= 0.3 is 0 Å². The van der Waals surface area contributed by atoms with E-state index in [0.29, 0.717) is 12.4 Å². The molecule has 0 bridgehead atoms. The second-order valence-corrected chi connectivity index (χ2v) is 6.86. The lowest BCUT2D eigenvalue weighted by molar-refractivity contribution is -0.137. The zero-order valence-electron chi connectivity index (χ0n) is 15.4. The lowest BCUT2D eigenvalue weighted by Gasteiger charge is -2.40. The molecule has 0 saturated carbocycles. The Morgan fingerprint density at radius 1 is 1.04 bits per heavy atom. The molecule has 1 aromatic rings. The molecular weight excluding hydrogens is 304 g/mol. The van der Waals surface area contributed by atoms with Gasteiger partial charge in [-0.2, -0.15) is 0 Å². The average molecular weight is 332 g/mol. The molecule has 0 spiro atoms. The number of hydrogen-bond acceptors (Lipinski definition) is 4. The van der Waals surface area contributed by atoms with Gasteiger partial charge in [-0.25, -0.2) is 4.99 Å². The number of aliphatic imine (C=N–C) groups is 1. The molecular formula is C19H28N2O3. The molecule has 132 valence electrons. The van der Waals surface area contributed by atoms with Crippen molar-refractivity contribution in [1.29, 1.82) is 0 Å². The van der Waals surface area contributed by atoms with Crippen LogP contribution in [0.15, 0.2) is 29.3 Å². The second-order valence-electron chi connectivity index (χ2n) is 6.86. The number of carbonyl (C=O) groups excluding carboxylic acids is 1. The molecule has 0 aliphatic carbocycles. The van der Waals surface area contributed by atoms with Gasteiger partial charge in [-0.1, -0.05) is 39.8 Å². The minimum atomic E-state index is -0.381. The van der Waals surface area contributed by atoms with Crippen molar-refractivity contribution in [2.24, 2.45) is 16.8 Å². The van der Waals surface area contributed by atoms with Crippen LogP contribution < -0.4 is 4.74 Å². The molecule has 1 aliphatic heterocycles. The third-order valence-corrected chi connectivity index (χ3v) is 4.38.